The number of hydrogen-bond donors (Lipinski definition) is 1. The number of carbonyl (C=O) groups is 1. The number of nitrogens with zero attached hydrogens (tertiary/aromatic N) is 4. The summed E-state index contributed by atoms with van der Waals surface area (Å²) in [6.07, 6.45) is 0. The average molecular weight is 436 g/mol. The largest absolute Gasteiger partial charge is 0.485 e. The molecule has 4 rings (SSSR count). The van der Waals surface area contributed by atoms with Gasteiger partial charge in [0.05, 0.1) is 5.56 Å². The summed E-state index contributed by atoms with van der Waals surface area (Å²) in [5.74, 6) is 1.27. The number of hydrogen-bond acceptors (Lipinski definition) is 7. The number of para-hydroxylation sites is 2. The SMILES string of the molecule is Cc1nc(COc2ccccc2C(=O)NCC(C)N2CCN(c3ccccc3)CC2)no1. The zero-order valence-corrected chi connectivity index (χ0v) is 18.5. The molecule has 0 spiro atoms. The van der Waals surface area contributed by atoms with Crippen LogP contribution in [-0.2, 0) is 6.61 Å². The molecule has 1 aromatic heterocycles. The first-order valence-corrected chi connectivity index (χ1v) is 10.9. The molecule has 1 saturated heterocycles. The highest BCUT2D eigenvalue weighted by atomic mass is 16.5. The lowest BCUT2D eigenvalue weighted by atomic mass is 10.1. The van der Waals surface area contributed by atoms with E-state index >= 15 is 0 Å². The third-order valence-electron chi connectivity index (χ3n) is 5.68. The van der Waals surface area contributed by atoms with Crippen molar-refractivity contribution in [1.29, 1.82) is 0 Å². The van der Waals surface area contributed by atoms with Crippen molar-refractivity contribution in [3.05, 3.63) is 71.9 Å². The van der Waals surface area contributed by atoms with Crippen LogP contribution in [-0.4, -0.2) is 59.7 Å². The van der Waals surface area contributed by atoms with Gasteiger partial charge in [0.2, 0.25) is 11.7 Å². The van der Waals surface area contributed by atoms with Gasteiger partial charge in [-0.05, 0) is 31.2 Å². The van der Waals surface area contributed by atoms with Crippen molar-refractivity contribution in [2.75, 3.05) is 37.6 Å². The van der Waals surface area contributed by atoms with Gasteiger partial charge in [-0.3, -0.25) is 9.69 Å². The summed E-state index contributed by atoms with van der Waals surface area (Å²) in [6.45, 7) is 8.49. The van der Waals surface area contributed by atoms with Crippen molar-refractivity contribution in [2.45, 2.75) is 26.5 Å². The molecular formula is C24H29N5O3. The Morgan fingerprint density at radius 1 is 1.09 bits per heavy atom. The van der Waals surface area contributed by atoms with Crippen molar-refractivity contribution in [3.8, 4) is 5.75 Å². The Kier molecular flexibility index (Phi) is 7.01. The zero-order chi connectivity index (χ0) is 22.3. The van der Waals surface area contributed by atoms with Crippen molar-refractivity contribution >= 4 is 11.6 Å². The molecule has 0 saturated carbocycles. The van der Waals surface area contributed by atoms with Gasteiger partial charge in [-0.1, -0.05) is 35.5 Å². The van der Waals surface area contributed by atoms with Crippen molar-refractivity contribution < 1.29 is 14.1 Å². The number of aromatic nitrogens is 2. The van der Waals surface area contributed by atoms with Crippen molar-refractivity contribution in [2.24, 2.45) is 0 Å². The third kappa shape index (κ3) is 5.45. The highest BCUT2D eigenvalue weighted by Crippen LogP contribution is 2.20. The van der Waals surface area contributed by atoms with Crippen LogP contribution in [0.15, 0.2) is 59.1 Å². The standard InChI is InChI=1S/C24H29N5O3/c1-18(28-12-14-29(15-13-28)20-8-4-3-5-9-20)16-25-24(30)21-10-6-7-11-22(21)31-17-23-26-19(2)32-27-23/h3-11,18H,12-17H2,1-2H3,(H,25,30). The molecule has 1 atom stereocenters. The van der Waals surface area contributed by atoms with Gasteiger partial charge in [-0.25, -0.2) is 0 Å². The second kappa shape index (κ2) is 10.3. The maximum atomic E-state index is 12.8. The molecule has 1 aliphatic rings. The van der Waals surface area contributed by atoms with Gasteiger partial charge in [-0.2, -0.15) is 4.98 Å². The molecule has 1 amide bonds. The van der Waals surface area contributed by atoms with Crippen LogP contribution < -0.4 is 15.0 Å². The van der Waals surface area contributed by atoms with E-state index in [4.69, 9.17) is 9.26 Å². The molecule has 32 heavy (non-hydrogen) atoms. The minimum Gasteiger partial charge on any atom is -0.485 e. The van der Waals surface area contributed by atoms with Gasteiger partial charge in [-0.15, -0.1) is 0 Å². The van der Waals surface area contributed by atoms with Gasteiger partial charge in [0.1, 0.15) is 5.75 Å². The first-order chi connectivity index (χ1) is 15.6. The number of ether oxygens (including phenoxy) is 1. The molecule has 1 unspecified atom stereocenters. The quantitative estimate of drug-likeness (QED) is 0.582. The number of nitrogens with one attached hydrogen (secondary N) is 1. The van der Waals surface area contributed by atoms with Crippen LogP contribution in [0.2, 0.25) is 0 Å². The lowest BCUT2D eigenvalue weighted by molar-refractivity contribution is 0.0929. The molecule has 0 radical (unpaired) electrons. The van der Waals surface area contributed by atoms with Gasteiger partial charge in [0.15, 0.2) is 6.61 Å². The number of amides is 1. The van der Waals surface area contributed by atoms with E-state index < -0.39 is 0 Å². The van der Waals surface area contributed by atoms with E-state index in [1.165, 1.54) is 5.69 Å². The van der Waals surface area contributed by atoms with Gasteiger partial charge < -0.3 is 19.5 Å². The summed E-state index contributed by atoms with van der Waals surface area (Å²) in [5.41, 5.74) is 1.76. The fourth-order valence-corrected chi connectivity index (χ4v) is 3.85. The maximum absolute atomic E-state index is 12.8. The Labute approximate surface area is 188 Å². The van der Waals surface area contributed by atoms with E-state index in [1.807, 2.05) is 18.2 Å². The summed E-state index contributed by atoms with van der Waals surface area (Å²) in [4.78, 5) is 21.8. The van der Waals surface area contributed by atoms with Crippen molar-refractivity contribution in [1.82, 2.24) is 20.4 Å². The van der Waals surface area contributed by atoms with E-state index in [0.717, 1.165) is 26.2 Å². The molecule has 8 heteroatoms. The summed E-state index contributed by atoms with van der Waals surface area (Å²) < 4.78 is 10.7. The fraction of sp³-hybridized carbons (Fsp3) is 0.375. The Hall–Kier alpha value is -3.39. The third-order valence-corrected chi connectivity index (χ3v) is 5.68. The zero-order valence-electron chi connectivity index (χ0n) is 18.5. The summed E-state index contributed by atoms with van der Waals surface area (Å²) in [5, 5.41) is 6.88. The summed E-state index contributed by atoms with van der Waals surface area (Å²) in [7, 11) is 0. The lowest BCUT2D eigenvalue weighted by Crippen LogP contribution is -2.52. The van der Waals surface area contributed by atoms with E-state index in [0.29, 0.717) is 29.6 Å². The molecule has 1 fully saturated rings. The second-order valence-electron chi connectivity index (χ2n) is 7.93. The molecule has 0 bridgehead atoms. The van der Waals surface area contributed by atoms with Crippen LogP contribution >= 0.6 is 0 Å². The minimum atomic E-state index is -0.153. The Bertz CT molecular complexity index is 1020. The average Bonchev–Trinajstić information content (AvgIpc) is 3.27. The van der Waals surface area contributed by atoms with Gasteiger partial charge in [0.25, 0.3) is 5.91 Å². The predicted octanol–water partition coefficient (Wildman–Crippen LogP) is 2.90. The van der Waals surface area contributed by atoms with Gasteiger partial charge >= 0.3 is 0 Å². The lowest BCUT2D eigenvalue weighted by Gasteiger charge is -2.39. The number of piperazine rings is 1. The fourth-order valence-electron chi connectivity index (χ4n) is 3.85. The molecule has 1 aliphatic heterocycles. The normalized spacial score (nSPS) is 15.4. The molecule has 1 N–H and O–H groups in total. The van der Waals surface area contributed by atoms with E-state index in [1.54, 1.807) is 19.1 Å². The Morgan fingerprint density at radius 2 is 1.81 bits per heavy atom. The van der Waals surface area contributed by atoms with E-state index in [2.05, 4.69) is 56.4 Å². The van der Waals surface area contributed by atoms with Crippen LogP contribution in [0.1, 0.15) is 29.0 Å². The number of anilines is 1. The van der Waals surface area contributed by atoms with Crippen LogP contribution in [0.4, 0.5) is 5.69 Å². The van der Waals surface area contributed by atoms with Gasteiger partial charge in [0, 0.05) is 51.4 Å². The Morgan fingerprint density at radius 3 is 2.53 bits per heavy atom. The highest BCUT2D eigenvalue weighted by Gasteiger charge is 2.22. The van der Waals surface area contributed by atoms with Crippen LogP contribution in [0.3, 0.4) is 0 Å². The predicted molar refractivity (Wildman–Crippen MR) is 122 cm³/mol. The molecule has 168 valence electrons. The van der Waals surface area contributed by atoms with Crippen molar-refractivity contribution in [3.63, 3.8) is 0 Å². The number of carbonyl (C=O) groups excluding carboxylic acids is 1. The Balaban J connectivity index is 1.27. The number of benzene rings is 2. The number of rotatable bonds is 8. The van der Waals surface area contributed by atoms with Crippen LogP contribution in [0.25, 0.3) is 0 Å². The summed E-state index contributed by atoms with van der Waals surface area (Å²) >= 11 is 0. The monoisotopic (exact) mass is 435 g/mol. The first-order valence-electron chi connectivity index (χ1n) is 10.9. The smallest absolute Gasteiger partial charge is 0.255 e. The molecule has 2 aromatic carbocycles. The van der Waals surface area contributed by atoms with Crippen LogP contribution in [0, 0.1) is 6.92 Å². The first kappa shape index (κ1) is 21.8. The van der Waals surface area contributed by atoms with Crippen LogP contribution in [0.5, 0.6) is 5.75 Å². The molecule has 2 heterocycles. The molecule has 3 aromatic rings. The molecule has 8 nitrogen and oxygen atoms in total. The summed E-state index contributed by atoms with van der Waals surface area (Å²) in [6, 6.07) is 17.9. The molecule has 0 aliphatic carbocycles. The topological polar surface area (TPSA) is 83.7 Å². The van der Waals surface area contributed by atoms with E-state index in [-0.39, 0.29) is 18.6 Å². The maximum Gasteiger partial charge on any atom is 0.255 e. The van der Waals surface area contributed by atoms with E-state index in [9.17, 15) is 4.79 Å². The second-order valence-corrected chi connectivity index (χ2v) is 7.93. The molecular weight excluding hydrogens is 406 g/mol. The highest BCUT2D eigenvalue weighted by molar-refractivity contribution is 5.96. The number of aryl methyl sites for hydroxylation is 1. The minimum absolute atomic E-state index is 0.143.